The number of carbonyl (C=O) groups is 1. The number of benzene rings is 1. The number of piperidine rings is 1. The summed E-state index contributed by atoms with van der Waals surface area (Å²) in [5.41, 5.74) is 0.498. The predicted octanol–water partition coefficient (Wildman–Crippen LogP) is 2.09. The fourth-order valence-corrected chi connectivity index (χ4v) is 3.65. The first-order valence-corrected chi connectivity index (χ1v) is 8.64. The molecule has 1 saturated heterocycles. The molecule has 1 N–H and O–H groups in total. The van der Waals surface area contributed by atoms with Crippen LogP contribution in [0.2, 0.25) is 5.02 Å². The van der Waals surface area contributed by atoms with Crippen molar-refractivity contribution in [2.75, 3.05) is 18.1 Å². The van der Waals surface area contributed by atoms with Crippen molar-refractivity contribution in [3.05, 3.63) is 29.3 Å². The number of sulfonamides is 1. The van der Waals surface area contributed by atoms with E-state index >= 15 is 0 Å². The molecule has 0 bridgehead atoms. The molecule has 1 amide bonds. The highest BCUT2D eigenvalue weighted by atomic mass is 35.5. The Kier molecular flexibility index (Phi) is 4.67. The molecule has 0 spiro atoms. The van der Waals surface area contributed by atoms with Gasteiger partial charge in [-0.15, -0.1) is 0 Å². The Balaban J connectivity index is 2.17. The van der Waals surface area contributed by atoms with Crippen LogP contribution in [0, 0.1) is 0 Å². The number of nitrogens with zero attached hydrogens (tertiary/aromatic N) is 1. The van der Waals surface area contributed by atoms with Crippen molar-refractivity contribution in [1.82, 2.24) is 4.31 Å². The van der Waals surface area contributed by atoms with Crippen LogP contribution in [0.15, 0.2) is 24.3 Å². The van der Waals surface area contributed by atoms with Gasteiger partial charge in [0, 0.05) is 6.54 Å². The van der Waals surface area contributed by atoms with Crippen molar-refractivity contribution < 1.29 is 13.2 Å². The van der Waals surface area contributed by atoms with Crippen LogP contribution in [0.25, 0.3) is 0 Å². The molecule has 0 saturated carbocycles. The minimum Gasteiger partial charge on any atom is -0.323 e. The molecule has 2 rings (SSSR count). The van der Waals surface area contributed by atoms with Crippen molar-refractivity contribution in [3.63, 3.8) is 0 Å². The molecule has 20 heavy (non-hydrogen) atoms. The summed E-state index contributed by atoms with van der Waals surface area (Å²) < 4.78 is 24.7. The van der Waals surface area contributed by atoms with Crippen LogP contribution < -0.4 is 5.32 Å². The zero-order valence-corrected chi connectivity index (χ0v) is 12.7. The normalized spacial score (nSPS) is 20.6. The number of amides is 1. The van der Waals surface area contributed by atoms with Crippen molar-refractivity contribution in [2.24, 2.45) is 0 Å². The Hall–Kier alpha value is -1.11. The van der Waals surface area contributed by atoms with Gasteiger partial charge in [-0.05, 0) is 25.0 Å². The minimum absolute atomic E-state index is 0.330. The molecule has 1 fully saturated rings. The zero-order chi connectivity index (χ0) is 14.8. The minimum atomic E-state index is -3.38. The molecule has 1 atom stereocenters. The smallest absolute Gasteiger partial charge is 0.242 e. The summed E-state index contributed by atoms with van der Waals surface area (Å²) in [6, 6.07) is 6.23. The number of hydrogen-bond acceptors (Lipinski definition) is 3. The molecule has 1 aliphatic rings. The molecule has 1 aromatic rings. The van der Waals surface area contributed by atoms with E-state index in [1.807, 2.05) is 0 Å². The van der Waals surface area contributed by atoms with Gasteiger partial charge in [-0.1, -0.05) is 30.2 Å². The molecule has 1 aliphatic heterocycles. The number of nitrogens with one attached hydrogen (secondary N) is 1. The number of carbonyl (C=O) groups excluding carboxylic acids is 1. The van der Waals surface area contributed by atoms with Crippen LogP contribution in [0.5, 0.6) is 0 Å². The van der Waals surface area contributed by atoms with E-state index in [1.54, 1.807) is 24.3 Å². The van der Waals surface area contributed by atoms with E-state index < -0.39 is 16.1 Å². The Labute approximate surface area is 124 Å². The SMILES string of the molecule is CS(=O)(=O)N1CCCCC1C(=O)Nc1ccccc1Cl. The molecule has 7 heteroatoms. The molecule has 0 radical (unpaired) electrons. The average molecular weight is 317 g/mol. The van der Waals surface area contributed by atoms with Crippen molar-refractivity contribution in [3.8, 4) is 0 Å². The number of anilines is 1. The van der Waals surface area contributed by atoms with Crippen molar-refractivity contribution >= 4 is 33.2 Å². The van der Waals surface area contributed by atoms with Gasteiger partial charge < -0.3 is 5.32 Å². The first-order valence-electron chi connectivity index (χ1n) is 6.42. The van der Waals surface area contributed by atoms with Gasteiger partial charge in [-0.25, -0.2) is 8.42 Å². The third-order valence-corrected chi connectivity index (χ3v) is 4.93. The quantitative estimate of drug-likeness (QED) is 0.928. The number of rotatable bonds is 3. The third-order valence-electron chi connectivity index (χ3n) is 3.31. The maximum atomic E-state index is 12.3. The second-order valence-electron chi connectivity index (χ2n) is 4.85. The summed E-state index contributed by atoms with van der Waals surface area (Å²) >= 11 is 5.99. The second-order valence-corrected chi connectivity index (χ2v) is 7.20. The molecule has 1 aromatic carbocycles. The molecule has 0 aromatic heterocycles. The first kappa shape index (κ1) is 15.3. The zero-order valence-electron chi connectivity index (χ0n) is 11.2. The van der Waals surface area contributed by atoms with Gasteiger partial charge in [0.25, 0.3) is 0 Å². The summed E-state index contributed by atoms with van der Waals surface area (Å²) in [5.74, 6) is -0.330. The summed E-state index contributed by atoms with van der Waals surface area (Å²) in [6.45, 7) is 0.388. The predicted molar refractivity (Wildman–Crippen MR) is 79.3 cm³/mol. The molecular formula is C13H17ClN2O3S. The third kappa shape index (κ3) is 3.50. The van der Waals surface area contributed by atoms with Gasteiger partial charge in [0.2, 0.25) is 15.9 Å². The highest BCUT2D eigenvalue weighted by Crippen LogP contribution is 2.24. The summed E-state index contributed by atoms with van der Waals surface area (Å²) in [4.78, 5) is 12.3. The van der Waals surface area contributed by atoms with E-state index in [0.29, 0.717) is 23.7 Å². The maximum Gasteiger partial charge on any atom is 0.242 e. The van der Waals surface area contributed by atoms with Crippen LogP contribution >= 0.6 is 11.6 Å². The number of hydrogen-bond donors (Lipinski definition) is 1. The molecule has 110 valence electrons. The molecule has 1 heterocycles. The van der Waals surface area contributed by atoms with Gasteiger partial charge in [-0.2, -0.15) is 4.31 Å². The van der Waals surface area contributed by atoms with Gasteiger partial charge in [0.1, 0.15) is 6.04 Å². The van der Waals surface area contributed by atoms with Crippen molar-refractivity contribution in [2.45, 2.75) is 25.3 Å². The highest BCUT2D eigenvalue weighted by Gasteiger charge is 2.34. The lowest BCUT2D eigenvalue weighted by Crippen LogP contribution is -2.49. The second kappa shape index (κ2) is 6.11. The van der Waals surface area contributed by atoms with Crippen LogP contribution in [0.3, 0.4) is 0 Å². The van der Waals surface area contributed by atoms with Crippen LogP contribution in [-0.2, 0) is 14.8 Å². The Morgan fingerprint density at radius 3 is 2.70 bits per heavy atom. The average Bonchev–Trinajstić information content (AvgIpc) is 2.40. The standard InChI is InChI=1S/C13H17ClN2O3S/c1-20(18,19)16-9-5-4-8-12(16)13(17)15-11-7-3-2-6-10(11)14/h2-3,6-7,12H,4-5,8-9H2,1H3,(H,15,17). The Morgan fingerprint density at radius 1 is 1.35 bits per heavy atom. The lowest BCUT2D eigenvalue weighted by Gasteiger charge is -2.32. The van der Waals surface area contributed by atoms with Crippen molar-refractivity contribution in [1.29, 1.82) is 0 Å². The highest BCUT2D eigenvalue weighted by molar-refractivity contribution is 7.88. The van der Waals surface area contributed by atoms with Gasteiger partial charge in [0.05, 0.1) is 17.0 Å². The van der Waals surface area contributed by atoms with E-state index in [-0.39, 0.29) is 5.91 Å². The summed E-state index contributed by atoms with van der Waals surface area (Å²) in [6.07, 6.45) is 3.28. The first-order chi connectivity index (χ1) is 9.39. The fourth-order valence-electron chi connectivity index (χ4n) is 2.34. The van der Waals surface area contributed by atoms with Crippen LogP contribution in [-0.4, -0.2) is 37.5 Å². The maximum absolute atomic E-state index is 12.3. The molecule has 0 aliphatic carbocycles. The number of halogens is 1. The lowest BCUT2D eigenvalue weighted by atomic mass is 10.0. The van der Waals surface area contributed by atoms with Gasteiger partial charge in [-0.3, -0.25) is 4.79 Å². The monoisotopic (exact) mass is 316 g/mol. The lowest BCUT2D eigenvalue weighted by molar-refractivity contribution is -0.120. The Bertz CT molecular complexity index is 603. The van der Waals surface area contributed by atoms with E-state index in [9.17, 15) is 13.2 Å². The molecule has 5 nitrogen and oxygen atoms in total. The summed E-state index contributed by atoms with van der Waals surface area (Å²) in [7, 11) is -3.38. The van der Waals surface area contributed by atoms with E-state index in [2.05, 4.69) is 5.32 Å². The number of para-hydroxylation sites is 1. The Morgan fingerprint density at radius 2 is 2.05 bits per heavy atom. The summed E-state index contributed by atoms with van der Waals surface area (Å²) in [5, 5.41) is 3.14. The van der Waals surface area contributed by atoms with Crippen LogP contribution in [0.1, 0.15) is 19.3 Å². The topological polar surface area (TPSA) is 66.5 Å². The molecule has 1 unspecified atom stereocenters. The van der Waals surface area contributed by atoms with E-state index in [4.69, 9.17) is 11.6 Å². The van der Waals surface area contributed by atoms with E-state index in [1.165, 1.54) is 4.31 Å². The van der Waals surface area contributed by atoms with Crippen LogP contribution in [0.4, 0.5) is 5.69 Å². The fraction of sp³-hybridized carbons (Fsp3) is 0.462. The van der Waals surface area contributed by atoms with Gasteiger partial charge >= 0.3 is 0 Å². The van der Waals surface area contributed by atoms with Gasteiger partial charge in [0.15, 0.2) is 0 Å². The van der Waals surface area contributed by atoms with E-state index in [0.717, 1.165) is 19.1 Å². The largest absolute Gasteiger partial charge is 0.323 e. The molecular weight excluding hydrogens is 300 g/mol.